The molecule has 0 amide bonds. The summed E-state index contributed by atoms with van der Waals surface area (Å²) < 4.78 is 0. The molecule has 2 aromatic rings. The minimum Gasteiger partial charge on any atom is -0.384 e. The number of nitrogens with one attached hydrogen (secondary N) is 2. The van der Waals surface area contributed by atoms with Crippen molar-refractivity contribution >= 4 is 22.7 Å². The third-order valence-electron chi connectivity index (χ3n) is 2.52. The first-order valence-electron chi connectivity index (χ1n) is 6.14. The van der Waals surface area contributed by atoms with E-state index in [9.17, 15) is 0 Å². The first-order chi connectivity index (χ1) is 8.79. The van der Waals surface area contributed by atoms with Gasteiger partial charge in [0.25, 0.3) is 0 Å². The van der Waals surface area contributed by atoms with E-state index in [0.29, 0.717) is 0 Å². The smallest absolute Gasteiger partial charge is 0.115 e. The van der Waals surface area contributed by atoms with E-state index in [1.807, 2.05) is 24.0 Å². The van der Waals surface area contributed by atoms with Gasteiger partial charge in [-0.3, -0.25) is 4.98 Å². The molecular weight excluding hydrogens is 244 g/mol. The van der Waals surface area contributed by atoms with Crippen LogP contribution in [0.25, 0.3) is 0 Å². The Hall–Kier alpha value is -1.62. The van der Waals surface area contributed by atoms with Crippen molar-refractivity contribution in [1.82, 2.24) is 9.97 Å². The molecule has 0 saturated heterocycles. The lowest BCUT2D eigenvalue weighted by atomic mass is 10.3. The summed E-state index contributed by atoms with van der Waals surface area (Å²) >= 11 is 1.66. The van der Waals surface area contributed by atoms with Crippen molar-refractivity contribution in [1.29, 1.82) is 0 Å². The molecule has 2 heterocycles. The summed E-state index contributed by atoms with van der Waals surface area (Å²) in [6.07, 6.45) is 6.61. The Balaban J connectivity index is 2.00. The molecule has 18 heavy (non-hydrogen) atoms. The Morgan fingerprint density at radius 3 is 2.89 bits per heavy atom. The molecule has 0 radical (unpaired) electrons. The van der Waals surface area contributed by atoms with E-state index in [1.165, 1.54) is 0 Å². The monoisotopic (exact) mass is 262 g/mol. The quantitative estimate of drug-likeness (QED) is 0.836. The molecule has 1 atom stereocenters. The van der Waals surface area contributed by atoms with Crippen molar-refractivity contribution in [2.45, 2.75) is 26.3 Å². The van der Waals surface area contributed by atoms with Gasteiger partial charge in [0.05, 0.1) is 29.8 Å². The summed E-state index contributed by atoms with van der Waals surface area (Å²) in [5.41, 5.74) is 2.06. The molecule has 5 heteroatoms. The predicted octanol–water partition coefficient (Wildman–Crippen LogP) is 3.53. The van der Waals surface area contributed by atoms with E-state index >= 15 is 0 Å². The van der Waals surface area contributed by atoms with Gasteiger partial charge in [-0.1, -0.05) is 6.92 Å². The fourth-order valence-corrected chi connectivity index (χ4v) is 2.29. The highest BCUT2D eigenvalue weighted by Crippen LogP contribution is 2.21. The fourth-order valence-electron chi connectivity index (χ4n) is 1.64. The maximum atomic E-state index is 4.30. The van der Waals surface area contributed by atoms with Crippen molar-refractivity contribution in [3.63, 3.8) is 0 Å². The zero-order valence-electron chi connectivity index (χ0n) is 10.7. The molecular formula is C13H18N4S. The van der Waals surface area contributed by atoms with Gasteiger partial charge in [-0.25, -0.2) is 4.98 Å². The second-order valence-corrected chi connectivity index (χ2v) is 5.05. The normalized spacial score (nSPS) is 12.1. The van der Waals surface area contributed by atoms with Crippen LogP contribution in [0.3, 0.4) is 0 Å². The molecule has 1 unspecified atom stereocenters. The van der Waals surface area contributed by atoms with Gasteiger partial charge in [-0.2, -0.15) is 0 Å². The summed E-state index contributed by atoms with van der Waals surface area (Å²) in [6.45, 7) is 5.21. The zero-order chi connectivity index (χ0) is 12.8. The lowest BCUT2D eigenvalue weighted by Crippen LogP contribution is -2.07. The standard InChI is InChI=1S/C13H18N4S/c1-3-4-15-11-7-12(9-14-8-11)17-10(2)13-16-5-6-18-13/h5-10,15,17H,3-4H2,1-2H3. The van der Waals surface area contributed by atoms with E-state index in [1.54, 1.807) is 11.3 Å². The van der Waals surface area contributed by atoms with Crippen LogP contribution >= 0.6 is 11.3 Å². The number of rotatable bonds is 6. The first kappa shape index (κ1) is 12.8. The Morgan fingerprint density at radius 2 is 2.17 bits per heavy atom. The lowest BCUT2D eigenvalue weighted by Gasteiger charge is -2.13. The van der Waals surface area contributed by atoms with Crippen LogP contribution in [0.15, 0.2) is 30.0 Å². The van der Waals surface area contributed by atoms with Crippen molar-refractivity contribution in [2.24, 2.45) is 0 Å². The van der Waals surface area contributed by atoms with Crippen LogP contribution in [0.5, 0.6) is 0 Å². The number of anilines is 2. The summed E-state index contributed by atoms with van der Waals surface area (Å²) in [4.78, 5) is 8.53. The van der Waals surface area contributed by atoms with E-state index in [4.69, 9.17) is 0 Å². The van der Waals surface area contributed by atoms with Gasteiger partial charge in [-0.05, 0) is 19.4 Å². The average molecular weight is 262 g/mol. The molecule has 2 rings (SSSR count). The van der Waals surface area contributed by atoms with Crippen LogP contribution in [0, 0.1) is 0 Å². The molecule has 0 aromatic carbocycles. The van der Waals surface area contributed by atoms with E-state index < -0.39 is 0 Å². The predicted molar refractivity (Wildman–Crippen MR) is 77.2 cm³/mol. The van der Waals surface area contributed by atoms with E-state index in [2.05, 4.69) is 40.5 Å². The highest BCUT2D eigenvalue weighted by molar-refractivity contribution is 7.09. The molecule has 4 nitrogen and oxygen atoms in total. The summed E-state index contributed by atoms with van der Waals surface area (Å²) in [5.74, 6) is 0. The van der Waals surface area contributed by atoms with Gasteiger partial charge in [0.1, 0.15) is 5.01 Å². The minimum atomic E-state index is 0.202. The third kappa shape index (κ3) is 3.43. The SMILES string of the molecule is CCCNc1cncc(NC(C)c2nccs2)c1. The highest BCUT2D eigenvalue weighted by Gasteiger charge is 2.07. The van der Waals surface area contributed by atoms with E-state index in [0.717, 1.165) is 29.3 Å². The maximum Gasteiger partial charge on any atom is 0.115 e. The Morgan fingerprint density at radius 1 is 1.33 bits per heavy atom. The number of thiazole rings is 1. The molecule has 0 bridgehead atoms. The van der Waals surface area contributed by atoms with Crippen molar-refractivity contribution in [2.75, 3.05) is 17.2 Å². The van der Waals surface area contributed by atoms with Gasteiger partial charge in [0, 0.05) is 18.1 Å². The van der Waals surface area contributed by atoms with Crippen LogP contribution in [0.2, 0.25) is 0 Å². The van der Waals surface area contributed by atoms with Crippen LogP contribution < -0.4 is 10.6 Å². The topological polar surface area (TPSA) is 49.8 Å². The Kier molecular flexibility index (Phi) is 4.52. The highest BCUT2D eigenvalue weighted by atomic mass is 32.1. The summed E-state index contributed by atoms with van der Waals surface area (Å²) in [5, 5.41) is 9.81. The third-order valence-corrected chi connectivity index (χ3v) is 3.48. The second kappa shape index (κ2) is 6.35. The molecule has 0 aliphatic heterocycles. The number of hydrogen-bond donors (Lipinski definition) is 2. The maximum absolute atomic E-state index is 4.30. The second-order valence-electron chi connectivity index (χ2n) is 4.13. The van der Waals surface area contributed by atoms with Crippen LogP contribution in [0.4, 0.5) is 11.4 Å². The van der Waals surface area contributed by atoms with Gasteiger partial charge in [-0.15, -0.1) is 11.3 Å². The average Bonchev–Trinajstić information content (AvgIpc) is 2.91. The van der Waals surface area contributed by atoms with Gasteiger partial charge in [0.2, 0.25) is 0 Å². The van der Waals surface area contributed by atoms with Crippen LogP contribution in [0.1, 0.15) is 31.3 Å². The van der Waals surface area contributed by atoms with Gasteiger partial charge in [0.15, 0.2) is 0 Å². The molecule has 0 aliphatic rings. The molecule has 2 N–H and O–H groups in total. The molecule has 0 fully saturated rings. The minimum absolute atomic E-state index is 0.202. The molecule has 2 aromatic heterocycles. The molecule has 0 spiro atoms. The zero-order valence-corrected chi connectivity index (χ0v) is 11.5. The largest absolute Gasteiger partial charge is 0.384 e. The summed E-state index contributed by atoms with van der Waals surface area (Å²) in [7, 11) is 0. The van der Waals surface area contributed by atoms with Gasteiger partial charge < -0.3 is 10.6 Å². The van der Waals surface area contributed by atoms with Crippen molar-refractivity contribution in [3.05, 3.63) is 35.0 Å². The molecule has 96 valence electrons. The van der Waals surface area contributed by atoms with Crippen molar-refractivity contribution < 1.29 is 0 Å². The van der Waals surface area contributed by atoms with Gasteiger partial charge >= 0.3 is 0 Å². The van der Waals surface area contributed by atoms with Crippen LogP contribution in [-0.4, -0.2) is 16.5 Å². The first-order valence-corrected chi connectivity index (χ1v) is 7.02. The fraction of sp³-hybridized carbons (Fsp3) is 0.385. The number of aromatic nitrogens is 2. The van der Waals surface area contributed by atoms with Crippen LogP contribution in [-0.2, 0) is 0 Å². The Bertz CT molecular complexity index is 470. The molecule has 0 aliphatic carbocycles. The summed E-state index contributed by atoms with van der Waals surface area (Å²) in [6, 6.07) is 2.28. The van der Waals surface area contributed by atoms with E-state index in [-0.39, 0.29) is 6.04 Å². The Labute approximate surface area is 111 Å². The number of pyridine rings is 1. The van der Waals surface area contributed by atoms with Crippen molar-refractivity contribution in [3.8, 4) is 0 Å². The number of nitrogens with zero attached hydrogens (tertiary/aromatic N) is 2. The lowest BCUT2D eigenvalue weighted by molar-refractivity contribution is 0.868. The number of hydrogen-bond acceptors (Lipinski definition) is 5. The molecule has 0 saturated carbocycles.